The summed E-state index contributed by atoms with van der Waals surface area (Å²) in [5.74, 6) is 0.682. The van der Waals surface area contributed by atoms with Gasteiger partial charge in [0, 0.05) is 10.0 Å². The fourth-order valence-corrected chi connectivity index (χ4v) is 4.13. The highest BCUT2D eigenvalue weighted by atomic mass is 79.9. The fourth-order valence-electron chi connectivity index (χ4n) is 3.65. The maximum absolute atomic E-state index is 3.86. The Labute approximate surface area is 112 Å². The van der Waals surface area contributed by atoms with Gasteiger partial charge in [-0.2, -0.15) is 0 Å². The molecule has 1 nitrogen and oxygen atoms in total. The summed E-state index contributed by atoms with van der Waals surface area (Å²) < 4.78 is 1.23. The van der Waals surface area contributed by atoms with E-state index in [1.165, 1.54) is 54.2 Å². The molecule has 2 heteroatoms. The number of halogens is 1. The molecule has 1 spiro atoms. The first-order valence-corrected chi connectivity index (χ1v) is 7.56. The second kappa shape index (κ2) is 4.31. The van der Waals surface area contributed by atoms with Crippen molar-refractivity contribution in [2.24, 2.45) is 0 Å². The molecule has 0 radical (unpaired) electrons. The van der Waals surface area contributed by atoms with E-state index in [1.54, 1.807) is 0 Å². The molecule has 1 aliphatic heterocycles. The van der Waals surface area contributed by atoms with Crippen LogP contribution in [-0.4, -0.2) is 5.54 Å². The molecule has 1 atom stereocenters. The highest BCUT2D eigenvalue weighted by Crippen LogP contribution is 2.47. The molecule has 1 N–H and O–H groups in total. The zero-order valence-electron chi connectivity index (χ0n) is 10.4. The molecule has 92 valence electrons. The van der Waals surface area contributed by atoms with Crippen molar-refractivity contribution < 1.29 is 0 Å². The van der Waals surface area contributed by atoms with Crippen molar-refractivity contribution in [1.82, 2.24) is 0 Å². The largest absolute Gasteiger partial charge is 0.378 e. The molecule has 1 aromatic rings. The van der Waals surface area contributed by atoms with E-state index in [0.29, 0.717) is 11.5 Å². The van der Waals surface area contributed by atoms with E-state index in [4.69, 9.17) is 0 Å². The van der Waals surface area contributed by atoms with Crippen molar-refractivity contribution in [2.45, 2.75) is 56.9 Å². The third-order valence-electron chi connectivity index (χ3n) is 4.47. The van der Waals surface area contributed by atoms with Gasteiger partial charge in [-0.05, 0) is 52.7 Å². The standard InChI is InChI=1S/C15H20BrN/c1-11-10-15(8-3-2-4-9-15)17-14-12(11)6-5-7-13(14)16/h5-7,11,17H,2-4,8-10H2,1H3/t11-/m0/s1. The molecule has 2 aliphatic rings. The van der Waals surface area contributed by atoms with Crippen LogP contribution in [0.15, 0.2) is 22.7 Å². The number of nitrogens with one attached hydrogen (secondary N) is 1. The van der Waals surface area contributed by atoms with Gasteiger partial charge in [0.1, 0.15) is 0 Å². The Morgan fingerprint density at radius 2 is 2.00 bits per heavy atom. The zero-order chi connectivity index (χ0) is 11.9. The minimum absolute atomic E-state index is 0.383. The Morgan fingerprint density at radius 3 is 2.76 bits per heavy atom. The third-order valence-corrected chi connectivity index (χ3v) is 5.14. The van der Waals surface area contributed by atoms with Gasteiger partial charge in [0.05, 0.1) is 5.69 Å². The van der Waals surface area contributed by atoms with E-state index in [9.17, 15) is 0 Å². The molecule has 17 heavy (non-hydrogen) atoms. The zero-order valence-corrected chi connectivity index (χ0v) is 12.0. The van der Waals surface area contributed by atoms with E-state index >= 15 is 0 Å². The molecular formula is C15H20BrN. The molecule has 1 saturated carbocycles. The third kappa shape index (κ3) is 2.01. The lowest BCUT2D eigenvalue weighted by molar-refractivity contribution is 0.281. The summed E-state index contributed by atoms with van der Waals surface area (Å²) in [4.78, 5) is 0. The van der Waals surface area contributed by atoms with Gasteiger partial charge in [0.25, 0.3) is 0 Å². The normalized spacial score (nSPS) is 26.4. The summed E-state index contributed by atoms with van der Waals surface area (Å²) in [6, 6.07) is 6.58. The number of hydrogen-bond acceptors (Lipinski definition) is 1. The first-order valence-electron chi connectivity index (χ1n) is 6.77. The van der Waals surface area contributed by atoms with Gasteiger partial charge in [-0.3, -0.25) is 0 Å². The molecule has 3 rings (SSSR count). The quantitative estimate of drug-likeness (QED) is 0.704. The van der Waals surface area contributed by atoms with Crippen molar-refractivity contribution >= 4 is 21.6 Å². The van der Waals surface area contributed by atoms with Gasteiger partial charge in [-0.1, -0.05) is 38.3 Å². The minimum Gasteiger partial charge on any atom is -0.378 e. The Bertz CT molecular complexity index is 421. The molecule has 0 saturated heterocycles. The number of rotatable bonds is 0. The highest BCUT2D eigenvalue weighted by molar-refractivity contribution is 9.10. The first-order chi connectivity index (χ1) is 8.20. The van der Waals surface area contributed by atoms with E-state index < -0.39 is 0 Å². The van der Waals surface area contributed by atoms with Crippen molar-refractivity contribution in [1.29, 1.82) is 0 Å². The second-order valence-corrected chi connectivity index (χ2v) is 6.63. The van der Waals surface area contributed by atoms with Gasteiger partial charge >= 0.3 is 0 Å². The maximum Gasteiger partial charge on any atom is 0.0524 e. The molecule has 0 unspecified atom stereocenters. The molecule has 1 aromatic carbocycles. The number of fused-ring (bicyclic) bond motifs is 1. The van der Waals surface area contributed by atoms with E-state index in [1.807, 2.05) is 0 Å². The Morgan fingerprint density at radius 1 is 1.24 bits per heavy atom. The predicted octanol–water partition coefficient (Wildman–Crippen LogP) is 5.07. The summed E-state index contributed by atoms with van der Waals surface area (Å²) in [5, 5.41) is 3.86. The van der Waals surface area contributed by atoms with E-state index in [2.05, 4.69) is 46.4 Å². The maximum atomic E-state index is 3.86. The van der Waals surface area contributed by atoms with Crippen LogP contribution in [0, 0.1) is 0 Å². The molecule has 1 heterocycles. The van der Waals surface area contributed by atoms with Gasteiger partial charge in [0.15, 0.2) is 0 Å². The topological polar surface area (TPSA) is 12.0 Å². The number of para-hydroxylation sites is 1. The van der Waals surface area contributed by atoms with E-state index in [0.717, 1.165) is 0 Å². The monoisotopic (exact) mass is 293 g/mol. The molecule has 0 aromatic heterocycles. The van der Waals surface area contributed by atoms with Gasteiger partial charge in [-0.15, -0.1) is 0 Å². The molecule has 1 aliphatic carbocycles. The van der Waals surface area contributed by atoms with Crippen LogP contribution in [0.3, 0.4) is 0 Å². The average molecular weight is 294 g/mol. The van der Waals surface area contributed by atoms with Crippen LogP contribution in [0.1, 0.15) is 56.9 Å². The smallest absolute Gasteiger partial charge is 0.0524 e. The van der Waals surface area contributed by atoms with Crippen LogP contribution in [0.2, 0.25) is 0 Å². The molecule has 1 fully saturated rings. The lowest BCUT2D eigenvalue weighted by Gasteiger charge is -2.45. The predicted molar refractivity (Wildman–Crippen MR) is 76.6 cm³/mol. The second-order valence-electron chi connectivity index (χ2n) is 5.78. The summed E-state index contributed by atoms with van der Waals surface area (Å²) in [5.41, 5.74) is 3.22. The van der Waals surface area contributed by atoms with Crippen LogP contribution < -0.4 is 5.32 Å². The highest BCUT2D eigenvalue weighted by Gasteiger charge is 2.38. The van der Waals surface area contributed by atoms with Crippen LogP contribution in [0.25, 0.3) is 0 Å². The van der Waals surface area contributed by atoms with E-state index in [-0.39, 0.29) is 0 Å². The fraction of sp³-hybridized carbons (Fsp3) is 0.600. The minimum atomic E-state index is 0.383. The van der Waals surface area contributed by atoms with Crippen LogP contribution in [0.4, 0.5) is 5.69 Å². The number of hydrogen-bond donors (Lipinski definition) is 1. The lowest BCUT2D eigenvalue weighted by atomic mass is 9.72. The molecule has 0 bridgehead atoms. The lowest BCUT2D eigenvalue weighted by Crippen LogP contribution is -2.44. The molecule has 0 amide bonds. The Balaban J connectivity index is 1.99. The summed E-state index contributed by atoms with van der Waals surface area (Å²) in [7, 11) is 0. The van der Waals surface area contributed by atoms with Crippen LogP contribution in [0.5, 0.6) is 0 Å². The van der Waals surface area contributed by atoms with Crippen molar-refractivity contribution in [2.75, 3.05) is 5.32 Å². The summed E-state index contributed by atoms with van der Waals surface area (Å²) in [6.45, 7) is 2.38. The Kier molecular flexibility index (Phi) is 2.94. The van der Waals surface area contributed by atoms with Gasteiger partial charge in [0.2, 0.25) is 0 Å². The first kappa shape index (κ1) is 11.6. The van der Waals surface area contributed by atoms with Crippen molar-refractivity contribution in [3.63, 3.8) is 0 Å². The van der Waals surface area contributed by atoms with Crippen LogP contribution >= 0.6 is 15.9 Å². The summed E-state index contributed by atoms with van der Waals surface area (Å²) in [6.07, 6.45) is 8.19. The van der Waals surface area contributed by atoms with Crippen molar-refractivity contribution in [3.8, 4) is 0 Å². The average Bonchev–Trinajstić information content (AvgIpc) is 2.32. The SMILES string of the molecule is C[C@H]1CC2(CCCCC2)Nc2c(Br)cccc21. The van der Waals surface area contributed by atoms with Crippen molar-refractivity contribution in [3.05, 3.63) is 28.2 Å². The van der Waals surface area contributed by atoms with Gasteiger partial charge in [-0.25, -0.2) is 0 Å². The Hall–Kier alpha value is -0.500. The number of benzene rings is 1. The van der Waals surface area contributed by atoms with Crippen LogP contribution in [-0.2, 0) is 0 Å². The summed E-state index contributed by atoms with van der Waals surface area (Å²) >= 11 is 3.70. The number of anilines is 1. The van der Waals surface area contributed by atoms with Gasteiger partial charge < -0.3 is 5.32 Å². The molecular weight excluding hydrogens is 274 g/mol.